The summed E-state index contributed by atoms with van der Waals surface area (Å²) in [6.07, 6.45) is 0.595. The van der Waals surface area contributed by atoms with Crippen molar-refractivity contribution < 1.29 is 19.2 Å². The number of nitro benzene ring substituents is 1. The van der Waals surface area contributed by atoms with Gasteiger partial charge in [0.15, 0.2) is 11.5 Å². The summed E-state index contributed by atoms with van der Waals surface area (Å²) in [5.74, 6) is 1.01. The summed E-state index contributed by atoms with van der Waals surface area (Å²) in [6.45, 7) is 4.49. The molecule has 0 bridgehead atoms. The van der Waals surface area contributed by atoms with E-state index in [0.29, 0.717) is 41.5 Å². The van der Waals surface area contributed by atoms with Crippen LogP contribution in [0, 0.1) is 24.0 Å². The topological polar surface area (TPSA) is 99.7 Å². The maximum atomic E-state index is 13.7. The number of aryl methyl sites for hydroxylation is 2. The van der Waals surface area contributed by atoms with Crippen LogP contribution in [0.15, 0.2) is 66.7 Å². The molecule has 1 amide bonds. The Morgan fingerprint density at radius 3 is 2.42 bits per heavy atom. The number of hydrogen-bond acceptors (Lipinski definition) is 6. The van der Waals surface area contributed by atoms with E-state index in [1.807, 2.05) is 50.2 Å². The van der Waals surface area contributed by atoms with Crippen LogP contribution in [0.2, 0.25) is 0 Å². The number of methoxy groups -OCH3 is 2. The molecule has 0 fully saturated rings. The highest BCUT2D eigenvalue weighted by molar-refractivity contribution is 5.94. The molecule has 3 aromatic carbocycles. The van der Waals surface area contributed by atoms with E-state index in [4.69, 9.17) is 14.6 Å². The first-order valence-corrected chi connectivity index (χ1v) is 12.1. The number of carbonyl (C=O) groups is 1. The predicted molar refractivity (Wildman–Crippen MR) is 145 cm³/mol. The van der Waals surface area contributed by atoms with Crippen LogP contribution in [-0.4, -0.2) is 53.3 Å². The molecule has 9 heteroatoms. The lowest BCUT2D eigenvalue weighted by Crippen LogP contribution is -2.30. The molecule has 0 radical (unpaired) electrons. The van der Waals surface area contributed by atoms with Crippen molar-refractivity contribution in [2.24, 2.45) is 0 Å². The summed E-state index contributed by atoms with van der Waals surface area (Å²) < 4.78 is 12.2. The van der Waals surface area contributed by atoms with Gasteiger partial charge in [-0.3, -0.25) is 14.9 Å². The van der Waals surface area contributed by atoms with E-state index in [1.165, 1.54) is 16.8 Å². The van der Waals surface area contributed by atoms with Crippen molar-refractivity contribution in [2.45, 2.75) is 20.3 Å². The number of non-ortho nitro benzene ring substituents is 1. The average molecular weight is 515 g/mol. The first-order valence-electron chi connectivity index (χ1n) is 12.1. The third kappa shape index (κ3) is 5.51. The van der Waals surface area contributed by atoms with Gasteiger partial charge in [0, 0.05) is 31.3 Å². The second kappa shape index (κ2) is 11.2. The molecule has 0 aliphatic carbocycles. The number of rotatable bonds is 9. The molecule has 4 aromatic rings. The van der Waals surface area contributed by atoms with Gasteiger partial charge >= 0.3 is 0 Å². The number of benzene rings is 3. The summed E-state index contributed by atoms with van der Waals surface area (Å²) in [4.78, 5) is 26.2. The van der Waals surface area contributed by atoms with Gasteiger partial charge in [-0.1, -0.05) is 24.3 Å². The lowest BCUT2D eigenvalue weighted by molar-refractivity contribution is -0.384. The monoisotopic (exact) mass is 514 g/mol. The molecule has 0 aliphatic rings. The van der Waals surface area contributed by atoms with Gasteiger partial charge in [0.1, 0.15) is 5.69 Å². The van der Waals surface area contributed by atoms with Gasteiger partial charge in [0.05, 0.1) is 30.5 Å². The molecule has 38 heavy (non-hydrogen) atoms. The van der Waals surface area contributed by atoms with Gasteiger partial charge in [0.25, 0.3) is 11.6 Å². The number of amides is 1. The standard InChI is InChI=1S/C29H30N4O5/c1-19-9-11-22(15-20(19)2)25-18-26(32(30-25)23-7-6-8-24(17-23)33(35)36)29(34)31(3)14-13-21-10-12-27(37-4)28(16-21)38-5/h6-12,15-18H,13-14H2,1-5H3. The van der Waals surface area contributed by atoms with Crippen molar-refractivity contribution in [2.75, 3.05) is 27.8 Å². The molecular formula is C29H30N4O5. The van der Waals surface area contributed by atoms with Crippen molar-refractivity contribution in [1.82, 2.24) is 14.7 Å². The first-order chi connectivity index (χ1) is 18.2. The van der Waals surface area contributed by atoms with E-state index in [2.05, 4.69) is 0 Å². The fourth-order valence-corrected chi connectivity index (χ4v) is 4.14. The molecular weight excluding hydrogens is 484 g/mol. The highest BCUT2D eigenvalue weighted by Gasteiger charge is 2.22. The smallest absolute Gasteiger partial charge is 0.272 e. The molecule has 0 atom stereocenters. The van der Waals surface area contributed by atoms with Crippen molar-refractivity contribution in [3.63, 3.8) is 0 Å². The van der Waals surface area contributed by atoms with Gasteiger partial charge in [-0.15, -0.1) is 0 Å². The summed E-state index contributed by atoms with van der Waals surface area (Å²) >= 11 is 0. The first kappa shape index (κ1) is 26.4. The minimum absolute atomic E-state index is 0.0778. The van der Waals surface area contributed by atoms with Gasteiger partial charge in [-0.2, -0.15) is 5.10 Å². The number of likely N-dealkylation sites (N-methyl/N-ethyl adjacent to an activating group) is 1. The number of aromatic nitrogens is 2. The number of nitrogens with zero attached hydrogens (tertiary/aromatic N) is 4. The second-order valence-corrected chi connectivity index (χ2v) is 9.07. The highest BCUT2D eigenvalue weighted by Crippen LogP contribution is 2.28. The Kier molecular flexibility index (Phi) is 7.76. The zero-order chi connectivity index (χ0) is 27.4. The average Bonchev–Trinajstić information content (AvgIpc) is 3.38. The van der Waals surface area contributed by atoms with Crippen molar-refractivity contribution in [3.8, 4) is 28.4 Å². The maximum absolute atomic E-state index is 13.7. The second-order valence-electron chi connectivity index (χ2n) is 9.07. The number of hydrogen-bond donors (Lipinski definition) is 0. The van der Waals surface area contributed by atoms with Gasteiger partial charge in [0.2, 0.25) is 0 Å². The van der Waals surface area contributed by atoms with Crippen LogP contribution in [0.5, 0.6) is 11.5 Å². The van der Waals surface area contributed by atoms with Crippen LogP contribution in [-0.2, 0) is 6.42 Å². The molecule has 0 saturated heterocycles. The van der Waals surface area contributed by atoms with Crippen LogP contribution in [0.25, 0.3) is 16.9 Å². The van der Waals surface area contributed by atoms with E-state index in [0.717, 1.165) is 22.3 Å². The third-order valence-electron chi connectivity index (χ3n) is 6.55. The Hall–Kier alpha value is -4.66. The quantitative estimate of drug-likeness (QED) is 0.219. The van der Waals surface area contributed by atoms with Gasteiger partial charge < -0.3 is 14.4 Å². The minimum atomic E-state index is -0.464. The molecule has 0 spiro atoms. The molecule has 1 aromatic heterocycles. The van der Waals surface area contributed by atoms with Crippen LogP contribution >= 0.6 is 0 Å². The minimum Gasteiger partial charge on any atom is -0.493 e. The lowest BCUT2D eigenvalue weighted by atomic mass is 10.0. The molecule has 0 N–H and O–H groups in total. The zero-order valence-electron chi connectivity index (χ0n) is 22.1. The molecule has 0 unspecified atom stereocenters. The van der Waals surface area contributed by atoms with Crippen LogP contribution in [0.4, 0.5) is 5.69 Å². The fraction of sp³-hybridized carbons (Fsp3) is 0.241. The Balaban J connectivity index is 1.67. The maximum Gasteiger partial charge on any atom is 0.272 e. The van der Waals surface area contributed by atoms with Crippen molar-refractivity contribution in [1.29, 1.82) is 0 Å². The van der Waals surface area contributed by atoms with E-state index in [9.17, 15) is 14.9 Å². The normalized spacial score (nSPS) is 10.8. The number of ether oxygens (including phenoxy) is 2. The predicted octanol–water partition coefficient (Wildman–Crippen LogP) is 5.40. The summed E-state index contributed by atoms with van der Waals surface area (Å²) in [7, 11) is 4.89. The lowest BCUT2D eigenvalue weighted by Gasteiger charge is -2.18. The van der Waals surface area contributed by atoms with Crippen LogP contribution in [0.1, 0.15) is 27.2 Å². The number of carbonyl (C=O) groups excluding carboxylic acids is 1. The van der Waals surface area contributed by atoms with E-state index in [-0.39, 0.29) is 11.6 Å². The molecule has 1 heterocycles. The van der Waals surface area contributed by atoms with Gasteiger partial charge in [-0.25, -0.2) is 4.68 Å². The van der Waals surface area contributed by atoms with Gasteiger partial charge in [-0.05, 0) is 67.3 Å². The Morgan fingerprint density at radius 1 is 0.974 bits per heavy atom. The van der Waals surface area contributed by atoms with Crippen LogP contribution in [0.3, 0.4) is 0 Å². The fourth-order valence-electron chi connectivity index (χ4n) is 4.14. The Labute approximate surface area is 221 Å². The molecule has 4 rings (SSSR count). The molecule has 9 nitrogen and oxygen atoms in total. The number of nitro groups is 1. The largest absolute Gasteiger partial charge is 0.493 e. The summed E-state index contributed by atoms with van der Waals surface area (Å²) in [5, 5.41) is 16.1. The Morgan fingerprint density at radius 2 is 1.74 bits per heavy atom. The molecule has 0 aliphatic heterocycles. The van der Waals surface area contributed by atoms with E-state index >= 15 is 0 Å². The zero-order valence-corrected chi connectivity index (χ0v) is 22.1. The van der Waals surface area contributed by atoms with E-state index < -0.39 is 4.92 Å². The van der Waals surface area contributed by atoms with Crippen molar-refractivity contribution >= 4 is 11.6 Å². The summed E-state index contributed by atoms with van der Waals surface area (Å²) in [5.41, 5.74) is 5.39. The molecule has 0 saturated carbocycles. The van der Waals surface area contributed by atoms with Crippen molar-refractivity contribution in [3.05, 3.63) is 99.2 Å². The molecule has 196 valence electrons. The van der Waals surface area contributed by atoms with E-state index in [1.54, 1.807) is 44.4 Å². The van der Waals surface area contributed by atoms with Crippen LogP contribution < -0.4 is 9.47 Å². The third-order valence-corrected chi connectivity index (χ3v) is 6.55. The SMILES string of the molecule is COc1ccc(CCN(C)C(=O)c2cc(-c3ccc(C)c(C)c3)nn2-c2cccc([N+](=O)[O-])c2)cc1OC. The highest BCUT2D eigenvalue weighted by atomic mass is 16.6. The summed E-state index contributed by atoms with van der Waals surface area (Å²) in [6, 6.07) is 19.5. The Bertz CT molecular complexity index is 1490.